The van der Waals surface area contributed by atoms with Crippen molar-refractivity contribution in [2.75, 3.05) is 7.11 Å². The fraction of sp³-hybridized carbons (Fsp3) is 0.250. The Hall–Kier alpha value is -1.92. The molecule has 0 aliphatic heterocycles. The number of nitrogens with one attached hydrogen (secondary N) is 1. The third kappa shape index (κ3) is 1.94. The third-order valence-electron chi connectivity index (χ3n) is 4.09. The van der Waals surface area contributed by atoms with Gasteiger partial charge in [-0.15, -0.1) is 11.3 Å². The van der Waals surface area contributed by atoms with E-state index in [-0.39, 0.29) is 5.56 Å². The van der Waals surface area contributed by atoms with Gasteiger partial charge in [0.1, 0.15) is 10.6 Å². The van der Waals surface area contributed by atoms with Crippen LogP contribution in [0.2, 0.25) is 0 Å². The standard InChI is InChI=1S/C16H14N2O2S2/c1-20-10-7-5-9(6-8-10)18-15(19)13-11-3-2-4-12(11)22-14(13)17-16(18)21/h5-8H,2-4H2,1H3,(H,17,21). The maximum absolute atomic E-state index is 13.0. The van der Waals surface area contributed by atoms with Crippen LogP contribution < -0.4 is 10.3 Å². The number of aromatic amines is 1. The fourth-order valence-corrected chi connectivity index (χ4v) is 4.68. The van der Waals surface area contributed by atoms with E-state index in [0.29, 0.717) is 4.77 Å². The monoisotopic (exact) mass is 330 g/mol. The first-order valence-corrected chi connectivity index (χ1v) is 8.35. The highest BCUT2D eigenvalue weighted by Crippen LogP contribution is 2.34. The first-order valence-electron chi connectivity index (χ1n) is 7.13. The van der Waals surface area contributed by atoms with Crippen molar-refractivity contribution in [3.05, 3.63) is 49.8 Å². The summed E-state index contributed by atoms with van der Waals surface area (Å²) in [7, 11) is 1.62. The van der Waals surface area contributed by atoms with Crippen molar-refractivity contribution >= 4 is 33.8 Å². The molecule has 22 heavy (non-hydrogen) atoms. The average Bonchev–Trinajstić information content (AvgIpc) is 3.08. The van der Waals surface area contributed by atoms with Gasteiger partial charge >= 0.3 is 0 Å². The highest BCUT2D eigenvalue weighted by atomic mass is 32.1. The minimum absolute atomic E-state index is 0.0247. The molecular formula is C16H14N2O2S2. The van der Waals surface area contributed by atoms with Crippen LogP contribution in [0.25, 0.3) is 15.9 Å². The number of aryl methyl sites for hydroxylation is 2. The molecule has 0 atom stereocenters. The van der Waals surface area contributed by atoms with Crippen molar-refractivity contribution < 1.29 is 4.74 Å². The molecule has 0 fully saturated rings. The molecule has 2 aromatic heterocycles. The lowest BCUT2D eigenvalue weighted by Crippen LogP contribution is -2.20. The Kier molecular flexibility index (Phi) is 3.16. The summed E-state index contributed by atoms with van der Waals surface area (Å²) in [5, 5.41) is 0.807. The van der Waals surface area contributed by atoms with Gasteiger partial charge in [0, 0.05) is 4.88 Å². The Morgan fingerprint density at radius 1 is 1.27 bits per heavy atom. The van der Waals surface area contributed by atoms with Gasteiger partial charge in [0.2, 0.25) is 0 Å². The molecule has 0 spiro atoms. The zero-order chi connectivity index (χ0) is 15.3. The zero-order valence-electron chi connectivity index (χ0n) is 12.0. The molecule has 0 saturated heterocycles. The van der Waals surface area contributed by atoms with Gasteiger partial charge in [-0.3, -0.25) is 9.36 Å². The first-order chi connectivity index (χ1) is 10.7. The molecular weight excluding hydrogens is 316 g/mol. The molecule has 1 aromatic carbocycles. The van der Waals surface area contributed by atoms with Crippen LogP contribution in [-0.2, 0) is 12.8 Å². The summed E-state index contributed by atoms with van der Waals surface area (Å²) < 4.78 is 7.17. The zero-order valence-corrected chi connectivity index (χ0v) is 13.6. The number of rotatable bonds is 2. The second-order valence-corrected chi connectivity index (χ2v) is 6.82. The maximum Gasteiger partial charge on any atom is 0.267 e. The second kappa shape index (κ2) is 5.07. The Balaban J connectivity index is 2.01. The summed E-state index contributed by atoms with van der Waals surface area (Å²) in [6, 6.07) is 7.36. The molecule has 2 heterocycles. The highest BCUT2D eigenvalue weighted by molar-refractivity contribution is 7.71. The molecule has 112 valence electrons. The molecule has 1 aliphatic rings. The van der Waals surface area contributed by atoms with Gasteiger partial charge in [0.05, 0.1) is 18.2 Å². The molecule has 0 amide bonds. The van der Waals surface area contributed by atoms with Crippen LogP contribution in [0.3, 0.4) is 0 Å². The van der Waals surface area contributed by atoms with Crippen molar-refractivity contribution in [3.8, 4) is 11.4 Å². The number of hydrogen-bond donors (Lipinski definition) is 1. The summed E-state index contributed by atoms with van der Waals surface area (Å²) in [5.41, 5.74) is 1.94. The van der Waals surface area contributed by atoms with E-state index in [1.54, 1.807) is 23.0 Å². The molecule has 0 bridgehead atoms. The molecule has 3 aromatic rings. The van der Waals surface area contributed by atoms with Crippen LogP contribution in [0.15, 0.2) is 29.1 Å². The first kappa shape index (κ1) is 13.7. The molecule has 4 rings (SSSR count). The van der Waals surface area contributed by atoms with E-state index in [1.165, 1.54) is 10.4 Å². The van der Waals surface area contributed by atoms with Gasteiger partial charge in [0.15, 0.2) is 4.77 Å². The van der Waals surface area contributed by atoms with Crippen LogP contribution in [0, 0.1) is 4.77 Å². The third-order valence-corrected chi connectivity index (χ3v) is 5.58. The van der Waals surface area contributed by atoms with Crippen LogP contribution in [0.4, 0.5) is 0 Å². The summed E-state index contributed by atoms with van der Waals surface area (Å²) in [6.45, 7) is 0. The maximum atomic E-state index is 13.0. The van der Waals surface area contributed by atoms with E-state index in [1.807, 2.05) is 24.3 Å². The SMILES string of the molecule is COc1ccc(-n2c(=S)[nH]c3sc4c(c3c2=O)CCC4)cc1. The van der Waals surface area contributed by atoms with Crippen molar-refractivity contribution in [1.29, 1.82) is 0 Å². The summed E-state index contributed by atoms with van der Waals surface area (Å²) in [5.74, 6) is 0.754. The van der Waals surface area contributed by atoms with E-state index in [2.05, 4.69) is 4.98 Å². The highest BCUT2D eigenvalue weighted by Gasteiger charge is 2.21. The van der Waals surface area contributed by atoms with Gasteiger partial charge in [-0.1, -0.05) is 0 Å². The van der Waals surface area contributed by atoms with Crippen LogP contribution >= 0.6 is 23.6 Å². The van der Waals surface area contributed by atoms with E-state index in [4.69, 9.17) is 17.0 Å². The number of ether oxygens (including phenoxy) is 1. The van der Waals surface area contributed by atoms with E-state index in [0.717, 1.165) is 40.9 Å². The van der Waals surface area contributed by atoms with Gasteiger partial charge in [0.25, 0.3) is 5.56 Å². The topological polar surface area (TPSA) is 47.0 Å². The van der Waals surface area contributed by atoms with Crippen LogP contribution in [-0.4, -0.2) is 16.7 Å². The van der Waals surface area contributed by atoms with E-state index in [9.17, 15) is 4.79 Å². The molecule has 1 aliphatic carbocycles. The fourth-order valence-electron chi connectivity index (χ4n) is 3.04. The second-order valence-electron chi connectivity index (χ2n) is 5.33. The molecule has 6 heteroatoms. The lowest BCUT2D eigenvalue weighted by atomic mass is 10.2. The Morgan fingerprint density at radius 3 is 2.77 bits per heavy atom. The van der Waals surface area contributed by atoms with Crippen molar-refractivity contribution in [1.82, 2.24) is 9.55 Å². The van der Waals surface area contributed by atoms with Crippen LogP contribution in [0.1, 0.15) is 16.9 Å². The number of hydrogen-bond acceptors (Lipinski definition) is 4. The largest absolute Gasteiger partial charge is 0.497 e. The number of nitrogens with zero attached hydrogens (tertiary/aromatic N) is 1. The molecule has 0 radical (unpaired) electrons. The minimum atomic E-state index is -0.0247. The number of fused-ring (bicyclic) bond motifs is 3. The predicted octanol–water partition coefficient (Wildman–Crippen LogP) is 3.61. The van der Waals surface area contributed by atoms with Gasteiger partial charge in [-0.05, 0) is 61.3 Å². The van der Waals surface area contributed by atoms with Crippen LogP contribution in [0.5, 0.6) is 5.75 Å². The summed E-state index contributed by atoms with van der Waals surface area (Å²) in [4.78, 5) is 18.4. The average molecular weight is 330 g/mol. The van der Waals surface area contributed by atoms with E-state index >= 15 is 0 Å². The Labute approximate surface area is 136 Å². The molecule has 1 N–H and O–H groups in total. The van der Waals surface area contributed by atoms with Crippen molar-refractivity contribution in [3.63, 3.8) is 0 Å². The number of benzene rings is 1. The van der Waals surface area contributed by atoms with Gasteiger partial charge in [-0.2, -0.15) is 0 Å². The number of aromatic nitrogens is 2. The number of methoxy groups -OCH3 is 1. The summed E-state index contributed by atoms with van der Waals surface area (Å²) in [6.07, 6.45) is 3.18. The minimum Gasteiger partial charge on any atom is -0.497 e. The lowest BCUT2D eigenvalue weighted by molar-refractivity contribution is 0.414. The van der Waals surface area contributed by atoms with Gasteiger partial charge in [-0.25, -0.2) is 0 Å². The number of H-pyrrole nitrogens is 1. The quantitative estimate of drug-likeness (QED) is 0.730. The summed E-state index contributed by atoms with van der Waals surface area (Å²) >= 11 is 7.07. The number of thiophene rings is 1. The normalized spacial score (nSPS) is 13.5. The molecule has 0 saturated carbocycles. The predicted molar refractivity (Wildman–Crippen MR) is 91.2 cm³/mol. The van der Waals surface area contributed by atoms with Crippen molar-refractivity contribution in [2.24, 2.45) is 0 Å². The Morgan fingerprint density at radius 2 is 2.05 bits per heavy atom. The smallest absolute Gasteiger partial charge is 0.267 e. The Bertz CT molecular complexity index is 980. The van der Waals surface area contributed by atoms with Gasteiger partial charge < -0.3 is 9.72 Å². The van der Waals surface area contributed by atoms with Crippen molar-refractivity contribution in [2.45, 2.75) is 19.3 Å². The molecule has 4 nitrogen and oxygen atoms in total. The van der Waals surface area contributed by atoms with E-state index < -0.39 is 0 Å². The molecule has 0 unspecified atom stereocenters. The lowest BCUT2D eigenvalue weighted by Gasteiger charge is -2.08.